The Labute approximate surface area is 124 Å². The lowest BCUT2D eigenvalue weighted by atomic mass is 10.0. The summed E-state index contributed by atoms with van der Waals surface area (Å²) in [5.74, 6) is 3.54. The molecule has 114 valence electrons. The molecule has 1 saturated carbocycles. The molecule has 1 aromatic heterocycles. The molecule has 1 aliphatic rings. The minimum absolute atomic E-state index is 0.217. The van der Waals surface area contributed by atoms with Gasteiger partial charge in [-0.3, -0.25) is 10.2 Å². The van der Waals surface area contributed by atoms with Crippen LogP contribution in [0.25, 0.3) is 0 Å². The third-order valence-electron chi connectivity index (χ3n) is 3.56. The first-order valence-corrected chi connectivity index (χ1v) is 6.60. The Morgan fingerprint density at radius 3 is 2.23 bits per heavy atom. The molecular weight excluding hydrogens is 292 g/mol. The number of rotatable bonds is 4. The molecule has 8 heteroatoms. The van der Waals surface area contributed by atoms with Gasteiger partial charge in [0.2, 0.25) is 5.95 Å². The van der Waals surface area contributed by atoms with Crippen molar-refractivity contribution in [2.45, 2.75) is 18.4 Å². The second-order valence-corrected chi connectivity index (χ2v) is 5.13. The van der Waals surface area contributed by atoms with E-state index in [1.807, 2.05) is 5.43 Å². The summed E-state index contributed by atoms with van der Waals surface area (Å²) in [6.07, 6.45) is 4.06. The van der Waals surface area contributed by atoms with Gasteiger partial charge in [0.05, 0.1) is 11.1 Å². The predicted molar refractivity (Wildman–Crippen MR) is 74.6 cm³/mol. The first kappa shape index (κ1) is 14.3. The molecule has 1 fully saturated rings. The Morgan fingerprint density at radius 1 is 1.14 bits per heavy atom. The van der Waals surface area contributed by atoms with E-state index in [2.05, 4.69) is 15.3 Å². The van der Waals surface area contributed by atoms with Crippen molar-refractivity contribution in [3.05, 3.63) is 53.4 Å². The van der Waals surface area contributed by atoms with E-state index in [1.165, 1.54) is 24.5 Å². The maximum atomic E-state index is 13.4. The van der Waals surface area contributed by atoms with Crippen molar-refractivity contribution in [2.24, 2.45) is 5.84 Å². The van der Waals surface area contributed by atoms with Crippen LogP contribution >= 0.6 is 0 Å². The molecule has 0 atom stereocenters. The van der Waals surface area contributed by atoms with E-state index in [9.17, 15) is 13.6 Å². The lowest BCUT2D eigenvalue weighted by molar-refractivity contribution is 0.0953. The zero-order valence-electron chi connectivity index (χ0n) is 11.4. The van der Waals surface area contributed by atoms with Gasteiger partial charge >= 0.3 is 0 Å². The molecule has 1 aromatic carbocycles. The number of carbonyl (C=O) groups excluding carboxylic acids is 1. The van der Waals surface area contributed by atoms with Crippen molar-refractivity contribution in [3.63, 3.8) is 0 Å². The number of nitrogen functional groups attached to an aromatic ring is 1. The summed E-state index contributed by atoms with van der Waals surface area (Å²) in [5.41, 5.74) is 2.14. The molecule has 0 unspecified atom stereocenters. The number of amides is 1. The van der Waals surface area contributed by atoms with Crippen LogP contribution in [-0.2, 0) is 5.54 Å². The lowest BCUT2D eigenvalue weighted by Crippen LogP contribution is -2.30. The number of benzene rings is 1. The summed E-state index contributed by atoms with van der Waals surface area (Å²) in [7, 11) is 0. The van der Waals surface area contributed by atoms with E-state index < -0.39 is 23.1 Å². The highest BCUT2D eigenvalue weighted by molar-refractivity contribution is 5.93. The van der Waals surface area contributed by atoms with Gasteiger partial charge in [-0.25, -0.2) is 24.6 Å². The number of nitrogens with one attached hydrogen (secondary N) is 2. The number of nitrogens with zero attached hydrogens (tertiary/aromatic N) is 2. The van der Waals surface area contributed by atoms with Gasteiger partial charge in [0.25, 0.3) is 5.91 Å². The minimum atomic E-state index is -0.626. The molecule has 0 aliphatic heterocycles. The third-order valence-corrected chi connectivity index (χ3v) is 3.56. The summed E-state index contributed by atoms with van der Waals surface area (Å²) in [5, 5.41) is 3.07. The zero-order valence-corrected chi connectivity index (χ0v) is 11.4. The van der Waals surface area contributed by atoms with Gasteiger partial charge in [-0.1, -0.05) is 0 Å². The molecule has 1 aliphatic carbocycles. The van der Waals surface area contributed by atoms with Crippen molar-refractivity contribution < 1.29 is 13.6 Å². The summed E-state index contributed by atoms with van der Waals surface area (Å²) in [6, 6.07) is 3.41. The molecule has 1 amide bonds. The molecule has 2 aromatic rings. The minimum Gasteiger partial charge on any atom is -0.345 e. The monoisotopic (exact) mass is 305 g/mol. The summed E-state index contributed by atoms with van der Waals surface area (Å²) in [6.45, 7) is 0. The highest BCUT2D eigenvalue weighted by Gasteiger charge is 2.45. The van der Waals surface area contributed by atoms with Crippen molar-refractivity contribution >= 4 is 11.9 Å². The highest BCUT2D eigenvalue weighted by atomic mass is 19.1. The Morgan fingerprint density at radius 2 is 1.73 bits per heavy atom. The Balaban J connectivity index is 1.81. The standard InChI is InChI=1S/C14H13F2N5O/c15-10-3-9(4-11(16)5-10)14(1-2-14)20-13-18-6-8(7-19-13)12(22)21-17/h3-7H,1-2,17H2,(H,21,22)(H,18,19,20). The molecule has 0 bridgehead atoms. The molecule has 0 radical (unpaired) electrons. The highest BCUT2D eigenvalue weighted by Crippen LogP contribution is 2.48. The maximum absolute atomic E-state index is 13.4. The number of hydrogen-bond donors (Lipinski definition) is 3. The van der Waals surface area contributed by atoms with Crippen LogP contribution in [0.15, 0.2) is 30.6 Å². The fraction of sp³-hybridized carbons (Fsp3) is 0.214. The molecule has 0 saturated heterocycles. The fourth-order valence-corrected chi connectivity index (χ4v) is 2.25. The van der Waals surface area contributed by atoms with Crippen molar-refractivity contribution in [3.8, 4) is 0 Å². The van der Waals surface area contributed by atoms with Gasteiger partial charge in [0.15, 0.2) is 0 Å². The normalized spacial score (nSPS) is 15.2. The van der Waals surface area contributed by atoms with Gasteiger partial charge < -0.3 is 5.32 Å². The fourth-order valence-electron chi connectivity index (χ4n) is 2.25. The average molecular weight is 305 g/mol. The van der Waals surface area contributed by atoms with E-state index in [0.29, 0.717) is 18.4 Å². The van der Waals surface area contributed by atoms with Crippen LogP contribution in [0.2, 0.25) is 0 Å². The Hall–Kier alpha value is -2.61. The second-order valence-electron chi connectivity index (χ2n) is 5.13. The smallest absolute Gasteiger partial charge is 0.268 e. The number of carbonyl (C=O) groups is 1. The molecule has 6 nitrogen and oxygen atoms in total. The van der Waals surface area contributed by atoms with Crippen LogP contribution in [0.1, 0.15) is 28.8 Å². The van der Waals surface area contributed by atoms with Crippen LogP contribution in [0.4, 0.5) is 14.7 Å². The summed E-state index contributed by atoms with van der Waals surface area (Å²) < 4.78 is 26.7. The Bertz CT molecular complexity index is 695. The molecule has 4 N–H and O–H groups in total. The molecule has 1 heterocycles. The van der Waals surface area contributed by atoms with E-state index in [0.717, 1.165) is 6.07 Å². The number of nitrogens with two attached hydrogens (primary N) is 1. The summed E-state index contributed by atoms with van der Waals surface area (Å²) in [4.78, 5) is 19.3. The van der Waals surface area contributed by atoms with E-state index in [1.54, 1.807) is 0 Å². The molecule has 3 rings (SSSR count). The second kappa shape index (κ2) is 5.30. The van der Waals surface area contributed by atoms with E-state index in [4.69, 9.17) is 5.84 Å². The lowest BCUT2D eigenvalue weighted by Gasteiger charge is -2.18. The zero-order chi connectivity index (χ0) is 15.7. The predicted octanol–water partition coefficient (Wildman–Crippen LogP) is 1.46. The maximum Gasteiger partial charge on any atom is 0.268 e. The van der Waals surface area contributed by atoms with Crippen molar-refractivity contribution in [1.29, 1.82) is 0 Å². The number of hydrazine groups is 1. The molecule has 0 spiro atoms. The van der Waals surface area contributed by atoms with E-state index in [-0.39, 0.29) is 11.5 Å². The van der Waals surface area contributed by atoms with Crippen LogP contribution in [0.3, 0.4) is 0 Å². The van der Waals surface area contributed by atoms with Crippen molar-refractivity contribution in [1.82, 2.24) is 15.4 Å². The van der Waals surface area contributed by atoms with Crippen molar-refractivity contribution in [2.75, 3.05) is 5.32 Å². The van der Waals surface area contributed by atoms with Crippen LogP contribution in [-0.4, -0.2) is 15.9 Å². The average Bonchev–Trinajstić information content (AvgIpc) is 3.27. The topological polar surface area (TPSA) is 92.9 Å². The van der Waals surface area contributed by atoms with Crippen LogP contribution in [0.5, 0.6) is 0 Å². The van der Waals surface area contributed by atoms with Gasteiger partial charge in [-0.05, 0) is 30.5 Å². The van der Waals surface area contributed by atoms with Crippen LogP contribution in [0, 0.1) is 11.6 Å². The number of hydrogen-bond acceptors (Lipinski definition) is 5. The third kappa shape index (κ3) is 2.73. The van der Waals surface area contributed by atoms with Gasteiger partial charge in [0.1, 0.15) is 11.6 Å². The van der Waals surface area contributed by atoms with Gasteiger partial charge in [-0.15, -0.1) is 0 Å². The number of anilines is 1. The first-order chi connectivity index (χ1) is 10.5. The van der Waals surface area contributed by atoms with Gasteiger partial charge in [-0.2, -0.15) is 0 Å². The number of aromatic nitrogens is 2. The van der Waals surface area contributed by atoms with Crippen LogP contribution < -0.4 is 16.6 Å². The number of halogens is 2. The largest absolute Gasteiger partial charge is 0.345 e. The first-order valence-electron chi connectivity index (χ1n) is 6.60. The van der Waals surface area contributed by atoms with E-state index >= 15 is 0 Å². The summed E-state index contributed by atoms with van der Waals surface area (Å²) >= 11 is 0. The quantitative estimate of drug-likeness (QED) is 0.452. The van der Waals surface area contributed by atoms with Gasteiger partial charge in [0, 0.05) is 18.5 Å². The SMILES string of the molecule is NNC(=O)c1cnc(NC2(c3cc(F)cc(F)c3)CC2)nc1. The Kier molecular flexibility index (Phi) is 3.45. The molecule has 22 heavy (non-hydrogen) atoms. The molecular formula is C14H13F2N5O.